The van der Waals surface area contributed by atoms with Crippen molar-refractivity contribution >= 4 is 31.6 Å². The summed E-state index contributed by atoms with van der Waals surface area (Å²) in [5.74, 6) is 2.08. The second kappa shape index (κ2) is 6.74. The van der Waals surface area contributed by atoms with E-state index in [1.165, 1.54) is 11.3 Å². The van der Waals surface area contributed by atoms with Crippen molar-refractivity contribution in [2.75, 3.05) is 7.11 Å². The molecule has 146 valence electrons. The average Bonchev–Trinajstić information content (AvgIpc) is 3.50. The predicted molar refractivity (Wildman–Crippen MR) is 117 cm³/mol. The third kappa shape index (κ3) is 2.83. The molecule has 1 fully saturated rings. The molecule has 1 saturated carbocycles. The molecule has 5 rings (SSSR count). The number of aromatic nitrogens is 2. The largest absolute Gasteiger partial charge is 0.506 e. The van der Waals surface area contributed by atoms with E-state index in [1.807, 2.05) is 18.2 Å². The number of rotatable bonds is 5. The van der Waals surface area contributed by atoms with Gasteiger partial charge in [-0.3, -0.25) is 9.36 Å². The molecule has 1 aliphatic rings. The number of thiophene rings is 1. The average molecular weight is 404 g/mol. The molecule has 2 aromatic carbocycles. The lowest BCUT2D eigenvalue weighted by molar-refractivity contribution is 0.414. The van der Waals surface area contributed by atoms with Crippen LogP contribution < -0.4 is 10.3 Å². The van der Waals surface area contributed by atoms with E-state index in [0.717, 1.165) is 35.1 Å². The van der Waals surface area contributed by atoms with Crippen LogP contribution in [0.15, 0.2) is 53.8 Å². The van der Waals surface area contributed by atoms with Crippen LogP contribution in [0, 0.1) is 0 Å². The number of fused-ring (bicyclic) bond motifs is 3. The highest BCUT2D eigenvalue weighted by atomic mass is 32.1. The summed E-state index contributed by atoms with van der Waals surface area (Å²) in [6.07, 6.45) is 3.97. The summed E-state index contributed by atoms with van der Waals surface area (Å²) in [7, 11) is 1.66. The van der Waals surface area contributed by atoms with Gasteiger partial charge >= 0.3 is 0 Å². The van der Waals surface area contributed by atoms with Crippen molar-refractivity contribution in [2.45, 2.75) is 25.3 Å². The van der Waals surface area contributed by atoms with E-state index >= 15 is 0 Å². The quantitative estimate of drug-likeness (QED) is 0.473. The second-order valence-electron chi connectivity index (χ2n) is 7.30. The first-order chi connectivity index (χ1) is 14.1. The Balaban J connectivity index is 1.86. The fourth-order valence-corrected chi connectivity index (χ4v) is 4.95. The summed E-state index contributed by atoms with van der Waals surface area (Å²) in [6, 6.07) is 11.2. The third-order valence-corrected chi connectivity index (χ3v) is 6.55. The van der Waals surface area contributed by atoms with E-state index in [4.69, 9.17) is 9.72 Å². The minimum Gasteiger partial charge on any atom is -0.506 e. The fraction of sp³-hybridized carbons (Fsp3) is 0.217. The van der Waals surface area contributed by atoms with Crippen molar-refractivity contribution in [3.8, 4) is 22.9 Å². The lowest BCUT2D eigenvalue weighted by atomic mass is 10.0. The van der Waals surface area contributed by atoms with Crippen LogP contribution in [0.1, 0.15) is 24.3 Å². The molecule has 0 spiro atoms. The Morgan fingerprint density at radius 2 is 2.17 bits per heavy atom. The fourth-order valence-electron chi connectivity index (χ4n) is 3.87. The van der Waals surface area contributed by atoms with Crippen molar-refractivity contribution in [1.29, 1.82) is 0 Å². The Bertz CT molecular complexity index is 1330. The standard InChI is InChI=1S/C23H20N2O3S/c1-3-11-25-21(15-10-9-14(28-2)12-17(15)13-7-8-13)24-22-19(23(25)27)16-5-4-6-18(26)20(16)29-22/h3-6,9-10,12-13,26H,1,7-8,11H2,2H3. The van der Waals surface area contributed by atoms with Gasteiger partial charge in [0.15, 0.2) is 0 Å². The maximum atomic E-state index is 13.5. The van der Waals surface area contributed by atoms with Crippen molar-refractivity contribution in [2.24, 2.45) is 0 Å². The van der Waals surface area contributed by atoms with Gasteiger partial charge in [0.05, 0.1) is 17.2 Å². The summed E-state index contributed by atoms with van der Waals surface area (Å²) < 4.78 is 7.78. The van der Waals surface area contributed by atoms with E-state index in [-0.39, 0.29) is 11.3 Å². The van der Waals surface area contributed by atoms with Crippen LogP contribution in [-0.2, 0) is 6.54 Å². The first kappa shape index (κ1) is 17.9. The molecule has 1 aliphatic carbocycles. The summed E-state index contributed by atoms with van der Waals surface area (Å²) in [4.78, 5) is 19.0. The van der Waals surface area contributed by atoms with Gasteiger partial charge in [-0.15, -0.1) is 17.9 Å². The van der Waals surface area contributed by atoms with Gasteiger partial charge in [-0.2, -0.15) is 0 Å². The number of phenols is 1. The van der Waals surface area contributed by atoms with Crippen LogP contribution in [0.5, 0.6) is 11.5 Å². The number of phenolic OH excluding ortho intramolecular Hbond substituents is 1. The zero-order valence-electron chi connectivity index (χ0n) is 16.0. The molecular formula is C23H20N2O3S. The van der Waals surface area contributed by atoms with Crippen LogP contribution in [0.25, 0.3) is 31.7 Å². The number of methoxy groups -OCH3 is 1. The van der Waals surface area contributed by atoms with E-state index in [2.05, 4.69) is 12.6 Å². The number of allylic oxidation sites excluding steroid dienone is 1. The van der Waals surface area contributed by atoms with E-state index < -0.39 is 0 Å². The van der Waals surface area contributed by atoms with E-state index in [9.17, 15) is 9.90 Å². The lowest BCUT2D eigenvalue weighted by Gasteiger charge is -2.15. The zero-order valence-corrected chi connectivity index (χ0v) is 16.8. The second-order valence-corrected chi connectivity index (χ2v) is 8.30. The molecule has 0 amide bonds. The number of ether oxygens (including phenoxy) is 1. The highest BCUT2D eigenvalue weighted by molar-refractivity contribution is 7.25. The van der Waals surface area contributed by atoms with Crippen LogP contribution in [0.2, 0.25) is 0 Å². The normalized spacial score (nSPS) is 13.8. The maximum absolute atomic E-state index is 13.5. The Labute approximate surface area is 171 Å². The molecular weight excluding hydrogens is 384 g/mol. The molecule has 6 heteroatoms. The van der Waals surface area contributed by atoms with Gasteiger partial charge in [0.1, 0.15) is 22.2 Å². The Hall–Kier alpha value is -3.12. The Kier molecular flexibility index (Phi) is 4.17. The zero-order chi connectivity index (χ0) is 20.1. The molecule has 0 aliphatic heterocycles. The molecule has 0 atom stereocenters. The molecule has 1 N–H and O–H groups in total. The van der Waals surface area contributed by atoms with Gasteiger partial charge in [-0.05, 0) is 48.6 Å². The van der Waals surface area contributed by atoms with Crippen molar-refractivity contribution in [3.63, 3.8) is 0 Å². The lowest BCUT2D eigenvalue weighted by Crippen LogP contribution is -2.22. The van der Waals surface area contributed by atoms with Gasteiger partial charge in [0.2, 0.25) is 0 Å². The van der Waals surface area contributed by atoms with Crippen molar-refractivity contribution in [3.05, 3.63) is 65.0 Å². The van der Waals surface area contributed by atoms with Crippen LogP contribution in [-0.4, -0.2) is 21.8 Å². The first-order valence-corrected chi connectivity index (χ1v) is 10.4. The molecule has 0 radical (unpaired) electrons. The molecule has 4 aromatic rings. The number of hydrogen-bond donors (Lipinski definition) is 1. The maximum Gasteiger partial charge on any atom is 0.263 e. The van der Waals surface area contributed by atoms with E-state index in [0.29, 0.717) is 33.2 Å². The smallest absolute Gasteiger partial charge is 0.263 e. The predicted octanol–water partition coefficient (Wildman–Crippen LogP) is 5.06. The number of benzene rings is 2. The first-order valence-electron chi connectivity index (χ1n) is 9.56. The number of aromatic hydroxyl groups is 1. The molecule has 2 heterocycles. The van der Waals surface area contributed by atoms with Crippen molar-refractivity contribution < 1.29 is 9.84 Å². The Morgan fingerprint density at radius 3 is 2.90 bits per heavy atom. The summed E-state index contributed by atoms with van der Waals surface area (Å²) >= 11 is 1.35. The topological polar surface area (TPSA) is 64.3 Å². The Morgan fingerprint density at radius 1 is 1.34 bits per heavy atom. The van der Waals surface area contributed by atoms with Gasteiger partial charge in [0.25, 0.3) is 5.56 Å². The van der Waals surface area contributed by atoms with Crippen LogP contribution in [0.4, 0.5) is 0 Å². The number of hydrogen-bond acceptors (Lipinski definition) is 5. The van der Waals surface area contributed by atoms with Crippen LogP contribution in [0.3, 0.4) is 0 Å². The highest BCUT2D eigenvalue weighted by Gasteiger charge is 2.29. The highest BCUT2D eigenvalue weighted by Crippen LogP contribution is 2.46. The third-order valence-electron chi connectivity index (χ3n) is 5.43. The monoisotopic (exact) mass is 404 g/mol. The number of nitrogens with zero attached hydrogens (tertiary/aromatic N) is 2. The molecule has 0 bridgehead atoms. The van der Waals surface area contributed by atoms with Crippen LogP contribution >= 0.6 is 11.3 Å². The minimum atomic E-state index is -0.112. The summed E-state index contributed by atoms with van der Waals surface area (Å²) in [6.45, 7) is 4.19. The molecule has 0 unspecified atom stereocenters. The molecule has 29 heavy (non-hydrogen) atoms. The van der Waals surface area contributed by atoms with Gasteiger partial charge in [0, 0.05) is 17.5 Å². The van der Waals surface area contributed by atoms with Gasteiger partial charge in [-0.1, -0.05) is 18.2 Å². The molecule has 2 aromatic heterocycles. The summed E-state index contributed by atoms with van der Waals surface area (Å²) in [5, 5.41) is 11.5. The van der Waals surface area contributed by atoms with Gasteiger partial charge < -0.3 is 9.84 Å². The SMILES string of the molecule is C=CCn1c(-c2ccc(OC)cc2C2CC2)nc2sc3c(O)cccc3c2c1=O. The van der Waals surface area contributed by atoms with Crippen molar-refractivity contribution in [1.82, 2.24) is 9.55 Å². The molecule has 5 nitrogen and oxygen atoms in total. The summed E-state index contributed by atoms with van der Waals surface area (Å²) in [5.41, 5.74) is 2.01. The molecule has 0 saturated heterocycles. The minimum absolute atomic E-state index is 0.112. The van der Waals surface area contributed by atoms with E-state index in [1.54, 1.807) is 29.9 Å². The van der Waals surface area contributed by atoms with Gasteiger partial charge in [-0.25, -0.2) is 4.98 Å².